The number of aromatic hydroxyl groups is 1. The average molecular weight is 510 g/mol. The SMILES string of the molecule is C/C(=N\NC(=O)c1ccc(C(=O)N(C)C(C)C)s1)c1csc(-c2ccc(Cl)c(Cl)c2)c1O. The molecule has 3 aromatic rings. The monoisotopic (exact) mass is 509 g/mol. The highest BCUT2D eigenvalue weighted by atomic mass is 35.5. The Labute approximate surface area is 204 Å². The number of benzene rings is 1. The van der Waals surface area contributed by atoms with E-state index >= 15 is 0 Å². The van der Waals surface area contributed by atoms with Crippen LogP contribution >= 0.6 is 45.9 Å². The van der Waals surface area contributed by atoms with Crippen LogP contribution in [0.15, 0.2) is 40.8 Å². The number of halogens is 2. The second kappa shape index (κ2) is 10.0. The molecule has 0 atom stereocenters. The highest BCUT2D eigenvalue weighted by Gasteiger charge is 2.19. The van der Waals surface area contributed by atoms with E-state index < -0.39 is 5.91 Å². The van der Waals surface area contributed by atoms with Crippen molar-refractivity contribution in [1.29, 1.82) is 0 Å². The van der Waals surface area contributed by atoms with Crippen molar-refractivity contribution < 1.29 is 14.7 Å². The highest BCUT2D eigenvalue weighted by Crippen LogP contribution is 2.40. The molecule has 32 heavy (non-hydrogen) atoms. The van der Waals surface area contributed by atoms with E-state index in [-0.39, 0.29) is 17.7 Å². The van der Waals surface area contributed by atoms with Gasteiger partial charge in [0.15, 0.2) is 0 Å². The Kier molecular flexibility index (Phi) is 7.61. The Hall–Kier alpha value is -2.39. The fourth-order valence-electron chi connectivity index (χ4n) is 2.68. The smallest absolute Gasteiger partial charge is 0.281 e. The number of nitrogens with one attached hydrogen (secondary N) is 1. The van der Waals surface area contributed by atoms with Crippen molar-refractivity contribution in [3.63, 3.8) is 0 Å². The first-order valence-electron chi connectivity index (χ1n) is 9.58. The van der Waals surface area contributed by atoms with Gasteiger partial charge >= 0.3 is 0 Å². The summed E-state index contributed by atoms with van der Waals surface area (Å²) >= 11 is 14.5. The molecule has 1 aromatic carbocycles. The van der Waals surface area contributed by atoms with Gasteiger partial charge in [-0.25, -0.2) is 5.43 Å². The van der Waals surface area contributed by atoms with Gasteiger partial charge < -0.3 is 10.0 Å². The van der Waals surface area contributed by atoms with Gasteiger partial charge in [0.25, 0.3) is 11.8 Å². The molecule has 0 aliphatic rings. The minimum Gasteiger partial charge on any atom is -0.506 e. The standard InChI is InChI=1S/C22H21Cl2N3O3S2/c1-11(2)27(4)22(30)18-8-7-17(32-18)21(29)26-25-12(3)14-10-31-20(19(14)28)13-5-6-15(23)16(24)9-13/h5-11,28H,1-4H3,(H,26,29)/b25-12+. The molecule has 2 heterocycles. The topological polar surface area (TPSA) is 82.0 Å². The molecule has 6 nitrogen and oxygen atoms in total. The van der Waals surface area contributed by atoms with Crippen LogP contribution in [0.3, 0.4) is 0 Å². The molecule has 0 unspecified atom stereocenters. The molecule has 0 saturated carbocycles. The quantitative estimate of drug-likeness (QED) is 0.310. The molecule has 0 aliphatic carbocycles. The summed E-state index contributed by atoms with van der Waals surface area (Å²) in [5, 5.41) is 17.3. The molecule has 0 radical (unpaired) electrons. The molecule has 2 aromatic heterocycles. The molecule has 10 heteroatoms. The predicted molar refractivity (Wildman–Crippen MR) is 133 cm³/mol. The Morgan fingerprint density at radius 2 is 1.81 bits per heavy atom. The Bertz CT molecular complexity index is 1200. The second-order valence-electron chi connectivity index (χ2n) is 7.27. The Balaban J connectivity index is 1.74. The molecule has 2 N–H and O–H groups in total. The summed E-state index contributed by atoms with van der Waals surface area (Å²) in [4.78, 5) is 28.0. The molecule has 2 amide bonds. The van der Waals surface area contributed by atoms with E-state index in [1.807, 2.05) is 13.8 Å². The maximum Gasteiger partial charge on any atom is 0.281 e. The van der Waals surface area contributed by atoms with Crippen LogP contribution < -0.4 is 5.43 Å². The van der Waals surface area contributed by atoms with Crippen molar-refractivity contribution in [3.8, 4) is 16.2 Å². The number of hydrazone groups is 1. The Morgan fingerprint density at radius 1 is 1.12 bits per heavy atom. The number of carbonyl (C=O) groups excluding carboxylic acids is 2. The van der Waals surface area contributed by atoms with Gasteiger partial charge in [0.2, 0.25) is 0 Å². The van der Waals surface area contributed by atoms with Gasteiger partial charge in [-0.2, -0.15) is 5.10 Å². The third kappa shape index (κ3) is 5.15. The van der Waals surface area contributed by atoms with Crippen molar-refractivity contribution in [2.75, 3.05) is 7.05 Å². The Morgan fingerprint density at radius 3 is 2.47 bits per heavy atom. The zero-order valence-corrected chi connectivity index (χ0v) is 20.9. The van der Waals surface area contributed by atoms with Crippen molar-refractivity contribution in [3.05, 3.63) is 61.1 Å². The van der Waals surface area contributed by atoms with Crippen molar-refractivity contribution in [2.45, 2.75) is 26.8 Å². The molecular weight excluding hydrogens is 489 g/mol. The fraction of sp³-hybridized carbons (Fsp3) is 0.227. The lowest BCUT2D eigenvalue weighted by Gasteiger charge is -2.20. The number of hydrogen-bond donors (Lipinski definition) is 2. The molecule has 3 rings (SSSR count). The van der Waals surface area contributed by atoms with Crippen molar-refractivity contribution >= 4 is 63.4 Å². The van der Waals surface area contributed by atoms with Crippen LogP contribution in [0.4, 0.5) is 0 Å². The summed E-state index contributed by atoms with van der Waals surface area (Å²) < 4.78 is 0. The summed E-state index contributed by atoms with van der Waals surface area (Å²) in [5.74, 6) is -0.522. The number of thiophene rings is 2. The van der Waals surface area contributed by atoms with Gasteiger partial charge in [0.05, 0.1) is 36.0 Å². The van der Waals surface area contributed by atoms with Crippen molar-refractivity contribution in [1.82, 2.24) is 10.3 Å². The number of amides is 2. The summed E-state index contributed by atoms with van der Waals surface area (Å²) in [6, 6.07) is 8.39. The molecule has 0 aliphatic heterocycles. The van der Waals surface area contributed by atoms with E-state index in [2.05, 4.69) is 10.5 Å². The molecule has 0 fully saturated rings. The first kappa shape index (κ1) is 24.3. The predicted octanol–water partition coefficient (Wildman–Crippen LogP) is 6.12. The van der Waals surface area contributed by atoms with E-state index in [9.17, 15) is 14.7 Å². The van der Waals surface area contributed by atoms with Gasteiger partial charge in [-0.1, -0.05) is 29.3 Å². The summed E-state index contributed by atoms with van der Waals surface area (Å²) in [6.45, 7) is 5.52. The van der Waals surface area contributed by atoms with E-state index in [1.165, 1.54) is 11.3 Å². The van der Waals surface area contributed by atoms with Crippen LogP contribution in [0, 0.1) is 0 Å². The van der Waals surface area contributed by atoms with Gasteiger partial charge in [0, 0.05) is 18.5 Å². The third-order valence-electron chi connectivity index (χ3n) is 4.80. The molecule has 0 bridgehead atoms. The van der Waals surface area contributed by atoms with Gasteiger partial charge in [0.1, 0.15) is 5.75 Å². The van der Waals surface area contributed by atoms with E-state index in [0.717, 1.165) is 16.9 Å². The molecule has 168 valence electrons. The number of hydrogen-bond acceptors (Lipinski definition) is 6. The lowest BCUT2D eigenvalue weighted by atomic mass is 10.1. The number of nitrogens with zero attached hydrogens (tertiary/aromatic N) is 2. The fourth-order valence-corrected chi connectivity index (χ4v) is 4.86. The maximum absolute atomic E-state index is 12.5. The molecular formula is C22H21Cl2N3O3S2. The summed E-state index contributed by atoms with van der Waals surface area (Å²) in [6.07, 6.45) is 0. The molecule has 0 spiro atoms. The van der Waals surface area contributed by atoms with Gasteiger partial charge in [-0.05, 0) is 50.6 Å². The minimum atomic E-state index is -0.431. The largest absolute Gasteiger partial charge is 0.506 e. The summed E-state index contributed by atoms with van der Waals surface area (Å²) in [5.41, 5.74) is 4.15. The van der Waals surface area contributed by atoms with E-state index in [4.69, 9.17) is 23.2 Å². The minimum absolute atomic E-state index is 0.0459. The van der Waals surface area contributed by atoms with Crippen molar-refractivity contribution in [2.24, 2.45) is 5.10 Å². The molecule has 0 saturated heterocycles. The van der Waals surface area contributed by atoms with Crippen LogP contribution in [-0.2, 0) is 0 Å². The number of rotatable bonds is 6. The maximum atomic E-state index is 12.5. The lowest BCUT2D eigenvalue weighted by molar-refractivity contribution is 0.0759. The van der Waals surface area contributed by atoms with Crippen LogP contribution in [0.5, 0.6) is 5.75 Å². The van der Waals surface area contributed by atoms with E-state index in [0.29, 0.717) is 36.0 Å². The summed E-state index contributed by atoms with van der Waals surface area (Å²) in [7, 11) is 1.72. The normalized spacial score (nSPS) is 11.7. The average Bonchev–Trinajstić information content (AvgIpc) is 3.40. The zero-order chi connectivity index (χ0) is 23.6. The highest BCUT2D eigenvalue weighted by molar-refractivity contribution is 7.16. The van der Waals surface area contributed by atoms with Crippen LogP contribution in [0.1, 0.15) is 45.7 Å². The van der Waals surface area contributed by atoms with Gasteiger partial charge in [-0.15, -0.1) is 22.7 Å². The van der Waals surface area contributed by atoms with Crippen LogP contribution in [-0.4, -0.2) is 40.6 Å². The second-order valence-corrected chi connectivity index (χ2v) is 10.0. The first-order chi connectivity index (χ1) is 15.1. The zero-order valence-electron chi connectivity index (χ0n) is 17.8. The third-order valence-corrected chi connectivity index (χ3v) is 7.63. The lowest BCUT2D eigenvalue weighted by Crippen LogP contribution is -2.32. The first-order valence-corrected chi connectivity index (χ1v) is 12.0. The van der Waals surface area contributed by atoms with Gasteiger partial charge in [-0.3, -0.25) is 9.59 Å². The van der Waals surface area contributed by atoms with E-state index in [1.54, 1.807) is 54.6 Å². The number of carbonyl (C=O) groups is 2. The van der Waals surface area contributed by atoms with Crippen LogP contribution in [0.25, 0.3) is 10.4 Å². The van der Waals surface area contributed by atoms with Crippen LogP contribution in [0.2, 0.25) is 10.0 Å².